The third-order valence-corrected chi connectivity index (χ3v) is 6.02. The first kappa shape index (κ1) is 15.1. The summed E-state index contributed by atoms with van der Waals surface area (Å²) in [6.45, 7) is 7.22. The molecule has 0 bridgehead atoms. The fourth-order valence-electron chi connectivity index (χ4n) is 3.79. The van der Waals surface area contributed by atoms with Crippen molar-refractivity contribution in [2.24, 2.45) is 10.8 Å². The zero-order valence-corrected chi connectivity index (χ0v) is 13.9. The molecule has 0 aromatic carbocycles. The van der Waals surface area contributed by atoms with E-state index < -0.39 is 6.09 Å². The largest absolute Gasteiger partial charge is 0.465 e. The summed E-state index contributed by atoms with van der Waals surface area (Å²) in [5.74, 6) is 0. The Labute approximate surface area is 124 Å². The predicted molar refractivity (Wildman–Crippen MR) is 80.8 cm³/mol. The molecule has 2 aliphatic rings. The molecule has 1 unspecified atom stereocenters. The minimum atomic E-state index is -0.746. The third kappa shape index (κ3) is 3.26. The molecule has 1 atom stereocenters. The minimum Gasteiger partial charge on any atom is -0.465 e. The van der Waals surface area contributed by atoms with Crippen LogP contribution in [0.15, 0.2) is 0 Å². The van der Waals surface area contributed by atoms with E-state index in [1.807, 2.05) is 0 Å². The van der Waals surface area contributed by atoms with Crippen LogP contribution in [-0.4, -0.2) is 33.5 Å². The number of rotatable bonds is 0. The van der Waals surface area contributed by atoms with Crippen molar-refractivity contribution in [1.29, 1.82) is 0 Å². The first-order valence-corrected chi connectivity index (χ1v) is 8.29. The summed E-state index contributed by atoms with van der Waals surface area (Å²) in [4.78, 5) is 13.8. The van der Waals surface area contributed by atoms with Crippen molar-refractivity contribution in [3.8, 4) is 0 Å². The van der Waals surface area contributed by atoms with Gasteiger partial charge in [0, 0.05) is 17.4 Å². The van der Waals surface area contributed by atoms with Crippen LogP contribution in [0.3, 0.4) is 0 Å². The highest BCUT2D eigenvalue weighted by Gasteiger charge is 2.46. The van der Waals surface area contributed by atoms with Gasteiger partial charge >= 0.3 is 6.09 Å². The molecule has 1 heterocycles. The zero-order valence-electron chi connectivity index (χ0n) is 12.3. The van der Waals surface area contributed by atoms with Crippen LogP contribution >= 0.6 is 15.9 Å². The van der Waals surface area contributed by atoms with Crippen molar-refractivity contribution < 1.29 is 9.90 Å². The van der Waals surface area contributed by atoms with Gasteiger partial charge in [-0.1, -0.05) is 36.7 Å². The van der Waals surface area contributed by atoms with Gasteiger partial charge in [-0.25, -0.2) is 4.79 Å². The molecule has 1 saturated carbocycles. The maximum atomic E-state index is 11.5. The quantitative estimate of drug-likeness (QED) is 0.664. The number of nitrogens with zero attached hydrogens (tertiary/aromatic N) is 1. The number of halogens is 1. The number of carbonyl (C=O) groups is 1. The van der Waals surface area contributed by atoms with Crippen LogP contribution in [-0.2, 0) is 0 Å². The van der Waals surface area contributed by atoms with Crippen molar-refractivity contribution in [1.82, 2.24) is 4.90 Å². The van der Waals surface area contributed by atoms with E-state index in [9.17, 15) is 9.90 Å². The van der Waals surface area contributed by atoms with E-state index in [2.05, 4.69) is 36.7 Å². The van der Waals surface area contributed by atoms with E-state index in [0.717, 1.165) is 12.8 Å². The standard InChI is InChI=1S/C15H26BrNO2/c1-14(2,3)12-10-15(6-4-11(16)5-7-15)8-9-17(12)13(18)19/h11-12H,4-10H2,1-3H3,(H,18,19). The molecule has 1 saturated heterocycles. The Morgan fingerprint density at radius 2 is 1.84 bits per heavy atom. The van der Waals surface area contributed by atoms with Crippen molar-refractivity contribution in [2.45, 2.75) is 70.2 Å². The summed E-state index contributed by atoms with van der Waals surface area (Å²) in [7, 11) is 0. The molecule has 2 rings (SSSR count). The molecule has 110 valence electrons. The van der Waals surface area contributed by atoms with Crippen molar-refractivity contribution in [3.63, 3.8) is 0 Å². The molecule has 0 radical (unpaired) electrons. The highest BCUT2D eigenvalue weighted by atomic mass is 79.9. The fourth-order valence-corrected chi connectivity index (χ4v) is 4.25. The lowest BCUT2D eigenvalue weighted by Gasteiger charge is -2.52. The Morgan fingerprint density at radius 1 is 1.26 bits per heavy atom. The monoisotopic (exact) mass is 331 g/mol. The SMILES string of the molecule is CC(C)(C)C1CC2(CCC(Br)CC2)CCN1C(=O)O. The lowest BCUT2D eigenvalue weighted by Crippen LogP contribution is -2.55. The van der Waals surface area contributed by atoms with Crippen LogP contribution in [0.1, 0.15) is 59.3 Å². The van der Waals surface area contributed by atoms with Gasteiger partial charge in [0.2, 0.25) is 0 Å². The molecule has 1 spiro atoms. The Bertz CT molecular complexity index is 343. The van der Waals surface area contributed by atoms with E-state index in [-0.39, 0.29) is 11.5 Å². The molecule has 0 aromatic heterocycles. The number of likely N-dealkylation sites (tertiary alicyclic amines) is 1. The van der Waals surface area contributed by atoms with Gasteiger partial charge in [0.1, 0.15) is 0 Å². The van der Waals surface area contributed by atoms with E-state index in [1.165, 1.54) is 25.7 Å². The average molecular weight is 332 g/mol. The summed E-state index contributed by atoms with van der Waals surface area (Å²) in [6.07, 6.45) is 6.33. The van der Waals surface area contributed by atoms with Gasteiger partial charge in [-0.3, -0.25) is 0 Å². The second kappa shape index (κ2) is 5.27. The number of hydrogen-bond acceptors (Lipinski definition) is 1. The van der Waals surface area contributed by atoms with Crippen molar-refractivity contribution >= 4 is 22.0 Å². The first-order valence-electron chi connectivity index (χ1n) is 7.37. The van der Waals surface area contributed by atoms with E-state index in [4.69, 9.17) is 0 Å². The van der Waals surface area contributed by atoms with Crippen LogP contribution in [0, 0.1) is 10.8 Å². The lowest BCUT2D eigenvalue weighted by molar-refractivity contribution is -0.0113. The summed E-state index contributed by atoms with van der Waals surface area (Å²) in [5, 5.41) is 9.42. The molecule has 3 nitrogen and oxygen atoms in total. The summed E-state index contributed by atoms with van der Waals surface area (Å²) >= 11 is 3.72. The van der Waals surface area contributed by atoms with Gasteiger partial charge < -0.3 is 10.0 Å². The second-order valence-electron chi connectivity index (χ2n) is 7.49. The molecule has 1 amide bonds. The number of piperidine rings is 1. The van der Waals surface area contributed by atoms with Crippen LogP contribution in [0.2, 0.25) is 0 Å². The number of amides is 1. The highest BCUT2D eigenvalue weighted by Crippen LogP contribution is 2.50. The molecule has 19 heavy (non-hydrogen) atoms. The van der Waals surface area contributed by atoms with Crippen LogP contribution in [0.4, 0.5) is 4.79 Å². The van der Waals surface area contributed by atoms with Crippen LogP contribution < -0.4 is 0 Å². The zero-order chi connectivity index (χ0) is 14.3. The van der Waals surface area contributed by atoms with Gasteiger partial charge in [0.15, 0.2) is 0 Å². The van der Waals surface area contributed by atoms with Gasteiger partial charge in [-0.05, 0) is 49.4 Å². The molecule has 4 heteroatoms. The smallest absolute Gasteiger partial charge is 0.407 e. The molecular weight excluding hydrogens is 306 g/mol. The number of alkyl halides is 1. The Morgan fingerprint density at radius 3 is 2.32 bits per heavy atom. The molecule has 1 aliphatic heterocycles. The molecule has 1 N–H and O–H groups in total. The second-order valence-corrected chi connectivity index (χ2v) is 8.78. The lowest BCUT2D eigenvalue weighted by atomic mass is 9.63. The Balaban J connectivity index is 2.15. The maximum Gasteiger partial charge on any atom is 0.407 e. The van der Waals surface area contributed by atoms with Gasteiger partial charge in [-0.15, -0.1) is 0 Å². The van der Waals surface area contributed by atoms with Crippen molar-refractivity contribution in [3.05, 3.63) is 0 Å². The van der Waals surface area contributed by atoms with Gasteiger partial charge in [0.05, 0.1) is 0 Å². The number of carboxylic acid groups (broad SMARTS) is 1. The molecule has 1 aliphatic carbocycles. The summed E-state index contributed by atoms with van der Waals surface area (Å²) in [5.41, 5.74) is 0.422. The van der Waals surface area contributed by atoms with Crippen molar-refractivity contribution in [2.75, 3.05) is 6.54 Å². The van der Waals surface area contributed by atoms with Gasteiger partial charge in [-0.2, -0.15) is 0 Å². The number of hydrogen-bond donors (Lipinski definition) is 1. The normalized spacial score (nSPS) is 36.5. The predicted octanol–water partition coefficient (Wildman–Crippen LogP) is 4.50. The first-order chi connectivity index (χ1) is 8.73. The van der Waals surface area contributed by atoms with Crippen LogP contribution in [0.25, 0.3) is 0 Å². The maximum absolute atomic E-state index is 11.5. The van der Waals surface area contributed by atoms with E-state index in [0.29, 0.717) is 16.8 Å². The molecular formula is C15H26BrNO2. The average Bonchev–Trinajstić information content (AvgIpc) is 2.32. The summed E-state index contributed by atoms with van der Waals surface area (Å²) < 4.78 is 0. The molecule has 0 aromatic rings. The minimum absolute atomic E-state index is 0.0249. The topological polar surface area (TPSA) is 40.5 Å². The Kier molecular flexibility index (Phi) is 4.20. The fraction of sp³-hybridized carbons (Fsp3) is 0.933. The summed E-state index contributed by atoms with van der Waals surface area (Å²) in [6, 6.07) is 0.158. The van der Waals surface area contributed by atoms with E-state index in [1.54, 1.807) is 4.90 Å². The Hall–Kier alpha value is -0.250. The third-order valence-electron chi connectivity index (χ3n) is 5.11. The van der Waals surface area contributed by atoms with E-state index >= 15 is 0 Å². The van der Waals surface area contributed by atoms with Crippen LogP contribution in [0.5, 0.6) is 0 Å². The van der Waals surface area contributed by atoms with Gasteiger partial charge in [0.25, 0.3) is 0 Å². The highest BCUT2D eigenvalue weighted by molar-refractivity contribution is 9.09. The molecule has 2 fully saturated rings.